The minimum Gasteiger partial charge on any atom is -0.236 e. The van der Waals surface area contributed by atoms with Crippen molar-refractivity contribution in [3.05, 3.63) is 76.0 Å². The zero-order chi connectivity index (χ0) is 19.0. The van der Waals surface area contributed by atoms with Crippen LogP contribution in [0.1, 0.15) is 11.3 Å². The van der Waals surface area contributed by atoms with Crippen LogP contribution in [-0.2, 0) is 23.0 Å². The van der Waals surface area contributed by atoms with Gasteiger partial charge in [-0.2, -0.15) is 4.31 Å². The van der Waals surface area contributed by atoms with Gasteiger partial charge in [-0.25, -0.2) is 18.4 Å². The van der Waals surface area contributed by atoms with Crippen LogP contribution in [-0.4, -0.2) is 29.2 Å². The van der Waals surface area contributed by atoms with Gasteiger partial charge in [0.15, 0.2) is 5.82 Å². The first kappa shape index (κ1) is 18.4. The van der Waals surface area contributed by atoms with Crippen LogP contribution in [0.15, 0.2) is 59.6 Å². The number of rotatable bonds is 3. The molecular weight excluding hydrogens is 405 g/mol. The van der Waals surface area contributed by atoms with Gasteiger partial charge >= 0.3 is 0 Å². The SMILES string of the molecule is O=S(=O)(c1ccc(Cl)cc1)N1CCc2nc(-c3ccc(Cl)cc3)ncc2C1. The van der Waals surface area contributed by atoms with Crippen molar-refractivity contribution in [2.75, 3.05) is 6.54 Å². The molecule has 0 radical (unpaired) electrons. The summed E-state index contributed by atoms with van der Waals surface area (Å²) in [4.78, 5) is 9.25. The fourth-order valence-corrected chi connectivity index (χ4v) is 4.66. The van der Waals surface area contributed by atoms with Gasteiger partial charge in [-0.15, -0.1) is 0 Å². The van der Waals surface area contributed by atoms with Crippen molar-refractivity contribution >= 4 is 33.2 Å². The highest BCUT2D eigenvalue weighted by molar-refractivity contribution is 7.89. The number of aromatic nitrogens is 2. The minimum atomic E-state index is -3.58. The van der Waals surface area contributed by atoms with Gasteiger partial charge < -0.3 is 0 Å². The molecule has 0 fully saturated rings. The first-order valence-corrected chi connectivity index (χ1v) is 10.5. The van der Waals surface area contributed by atoms with Crippen molar-refractivity contribution in [2.24, 2.45) is 0 Å². The first-order chi connectivity index (χ1) is 12.9. The highest BCUT2D eigenvalue weighted by atomic mass is 35.5. The Hall–Kier alpha value is -1.99. The van der Waals surface area contributed by atoms with E-state index < -0.39 is 10.0 Å². The number of sulfonamides is 1. The summed E-state index contributed by atoms with van der Waals surface area (Å²) in [5.41, 5.74) is 2.56. The average Bonchev–Trinajstić information content (AvgIpc) is 2.68. The molecule has 0 spiro atoms. The molecule has 0 N–H and O–H groups in total. The summed E-state index contributed by atoms with van der Waals surface area (Å²) in [5.74, 6) is 0.611. The van der Waals surface area contributed by atoms with Crippen LogP contribution in [0.3, 0.4) is 0 Å². The molecule has 27 heavy (non-hydrogen) atoms. The number of fused-ring (bicyclic) bond motifs is 1. The van der Waals surface area contributed by atoms with E-state index >= 15 is 0 Å². The van der Waals surface area contributed by atoms with Gasteiger partial charge in [-0.3, -0.25) is 0 Å². The molecule has 0 atom stereocenters. The molecule has 1 aromatic heterocycles. The highest BCUT2D eigenvalue weighted by Crippen LogP contribution is 2.26. The third kappa shape index (κ3) is 3.71. The van der Waals surface area contributed by atoms with E-state index in [4.69, 9.17) is 23.2 Å². The Balaban J connectivity index is 1.60. The Morgan fingerprint density at radius 3 is 2.22 bits per heavy atom. The quantitative estimate of drug-likeness (QED) is 0.637. The summed E-state index contributed by atoms with van der Waals surface area (Å²) in [6.07, 6.45) is 2.24. The fraction of sp³-hybridized carbons (Fsp3) is 0.158. The second-order valence-corrected chi connectivity index (χ2v) is 9.03. The number of halogens is 2. The molecule has 4 rings (SSSR count). The predicted molar refractivity (Wildman–Crippen MR) is 105 cm³/mol. The maximum Gasteiger partial charge on any atom is 0.243 e. The summed E-state index contributed by atoms with van der Waals surface area (Å²) in [6.45, 7) is 0.621. The molecule has 0 bridgehead atoms. The van der Waals surface area contributed by atoms with E-state index in [-0.39, 0.29) is 11.4 Å². The van der Waals surface area contributed by atoms with Crippen molar-refractivity contribution in [1.29, 1.82) is 0 Å². The molecular formula is C19H15Cl2N3O2S. The summed E-state index contributed by atoms with van der Waals surface area (Å²) in [6, 6.07) is 13.5. The van der Waals surface area contributed by atoms with Gasteiger partial charge in [0.05, 0.1) is 10.6 Å². The van der Waals surface area contributed by atoms with Crippen molar-refractivity contribution in [3.63, 3.8) is 0 Å². The van der Waals surface area contributed by atoms with Crippen LogP contribution in [0.2, 0.25) is 10.0 Å². The zero-order valence-electron chi connectivity index (χ0n) is 14.1. The van der Waals surface area contributed by atoms with Crippen molar-refractivity contribution in [3.8, 4) is 11.4 Å². The van der Waals surface area contributed by atoms with E-state index in [2.05, 4.69) is 9.97 Å². The highest BCUT2D eigenvalue weighted by Gasteiger charge is 2.29. The lowest BCUT2D eigenvalue weighted by Gasteiger charge is -2.27. The van der Waals surface area contributed by atoms with Gasteiger partial charge in [-0.05, 0) is 48.5 Å². The van der Waals surface area contributed by atoms with E-state index in [1.165, 1.54) is 16.4 Å². The molecule has 138 valence electrons. The number of hydrogen-bond donors (Lipinski definition) is 0. The lowest BCUT2D eigenvalue weighted by molar-refractivity contribution is 0.387. The standard InChI is InChI=1S/C19H15Cl2N3O2S/c20-15-3-1-13(2-4-15)19-22-11-14-12-24(10-9-18(14)23-19)27(25,26)17-7-5-16(21)6-8-17/h1-8,11H,9-10,12H2. The monoisotopic (exact) mass is 419 g/mol. The summed E-state index contributed by atoms with van der Waals surface area (Å²) >= 11 is 11.8. The number of benzene rings is 2. The smallest absolute Gasteiger partial charge is 0.236 e. The van der Waals surface area contributed by atoms with E-state index in [9.17, 15) is 8.42 Å². The van der Waals surface area contributed by atoms with Crippen LogP contribution in [0.5, 0.6) is 0 Å². The molecule has 2 heterocycles. The lowest BCUT2D eigenvalue weighted by atomic mass is 10.1. The molecule has 0 aliphatic carbocycles. The van der Waals surface area contributed by atoms with Gasteiger partial charge in [0, 0.05) is 46.9 Å². The zero-order valence-corrected chi connectivity index (χ0v) is 16.5. The average molecular weight is 420 g/mol. The van der Waals surface area contributed by atoms with Crippen LogP contribution >= 0.6 is 23.2 Å². The van der Waals surface area contributed by atoms with E-state index in [1.807, 2.05) is 12.1 Å². The number of hydrogen-bond acceptors (Lipinski definition) is 4. The summed E-state index contributed by atoms with van der Waals surface area (Å²) < 4.78 is 27.2. The van der Waals surface area contributed by atoms with E-state index in [0.29, 0.717) is 28.8 Å². The van der Waals surface area contributed by atoms with Gasteiger partial charge in [0.25, 0.3) is 0 Å². The number of nitrogens with zero attached hydrogens (tertiary/aromatic N) is 3. The summed E-state index contributed by atoms with van der Waals surface area (Å²) in [7, 11) is -3.58. The topological polar surface area (TPSA) is 63.2 Å². The molecule has 1 aliphatic heterocycles. The van der Waals surface area contributed by atoms with Crippen LogP contribution in [0.25, 0.3) is 11.4 Å². The molecule has 0 amide bonds. The maximum absolute atomic E-state index is 12.9. The molecule has 5 nitrogen and oxygen atoms in total. The summed E-state index contributed by atoms with van der Waals surface area (Å²) in [5, 5.41) is 1.15. The molecule has 0 unspecified atom stereocenters. The molecule has 0 saturated carbocycles. The normalized spacial score (nSPS) is 14.7. The van der Waals surface area contributed by atoms with E-state index in [1.54, 1.807) is 30.5 Å². The Labute approximate surface area is 167 Å². The fourth-order valence-electron chi connectivity index (χ4n) is 2.99. The second kappa shape index (κ2) is 7.20. The first-order valence-electron chi connectivity index (χ1n) is 8.30. The minimum absolute atomic E-state index is 0.231. The third-order valence-electron chi connectivity index (χ3n) is 4.45. The van der Waals surface area contributed by atoms with Crippen LogP contribution < -0.4 is 0 Å². The Kier molecular flexibility index (Phi) is 4.90. The van der Waals surface area contributed by atoms with E-state index in [0.717, 1.165) is 16.8 Å². The molecule has 2 aromatic carbocycles. The lowest BCUT2D eigenvalue weighted by Crippen LogP contribution is -2.36. The Morgan fingerprint density at radius 1 is 0.926 bits per heavy atom. The van der Waals surface area contributed by atoms with Crippen molar-refractivity contribution < 1.29 is 8.42 Å². The Bertz CT molecular complexity index is 1080. The molecule has 3 aromatic rings. The van der Waals surface area contributed by atoms with Crippen molar-refractivity contribution in [2.45, 2.75) is 17.9 Å². The van der Waals surface area contributed by atoms with Crippen LogP contribution in [0, 0.1) is 0 Å². The predicted octanol–water partition coefficient (Wildman–Crippen LogP) is 4.20. The van der Waals surface area contributed by atoms with Crippen molar-refractivity contribution in [1.82, 2.24) is 14.3 Å². The van der Waals surface area contributed by atoms with Gasteiger partial charge in [0.1, 0.15) is 0 Å². The van der Waals surface area contributed by atoms with Gasteiger partial charge in [-0.1, -0.05) is 23.2 Å². The Morgan fingerprint density at radius 2 is 1.56 bits per heavy atom. The van der Waals surface area contributed by atoms with Gasteiger partial charge in [0.2, 0.25) is 10.0 Å². The third-order valence-corrected chi connectivity index (χ3v) is 6.82. The largest absolute Gasteiger partial charge is 0.243 e. The van der Waals surface area contributed by atoms with Crippen LogP contribution in [0.4, 0.5) is 0 Å². The maximum atomic E-state index is 12.9. The molecule has 1 aliphatic rings. The second-order valence-electron chi connectivity index (χ2n) is 6.21. The molecule has 8 heteroatoms. The molecule has 0 saturated heterocycles.